The van der Waals surface area contributed by atoms with Crippen LogP contribution in [0.15, 0.2) is 6.07 Å². The monoisotopic (exact) mass is 280 g/mol. The van der Waals surface area contributed by atoms with Gasteiger partial charge in [0.05, 0.1) is 10.9 Å². The standard InChI is InChI=1S/C15H21ClN2O/c1-5-7(2)13(17)11-6-10-8(3)15(19)18-14(10)9(4)12(11)16/h6-8,13H,5,17H2,1-4H3,(H,18,19). The predicted molar refractivity (Wildman–Crippen MR) is 79.6 cm³/mol. The van der Waals surface area contributed by atoms with Gasteiger partial charge in [0.15, 0.2) is 0 Å². The van der Waals surface area contributed by atoms with Crippen molar-refractivity contribution in [2.45, 2.75) is 46.1 Å². The van der Waals surface area contributed by atoms with Crippen molar-refractivity contribution in [2.75, 3.05) is 5.32 Å². The molecule has 0 saturated heterocycles. The average Bonchev–Trinajstić information content (AvgIpc) is 2.68. The van der Waals surface area contributed by atoms with E-state index >= 15 is 0 Å². The molecule has 0 radical (unpaired) electrons. The molecule has 1 aliphatic heterocycles. The Hall–Kier alpha value is -1.06. The quantitative estimate of drug-likeness (QED) is 0.886. The van der Waals surface area contributed by atoms with Crippen molar-refractivity contribution < 1.29 is 4.79 Å². The third-order valence-electron chi connectivity index (χ3n) is 4.28. The molecule has 1 aromatic carbocycles. The average molecular weight is 281 g/mol. The zero-order valence-electron chi connectivity index (χ0n) is 11.9. The van der Waals surface area contributed by atoms with Crippen LogP contribution in [0.2, 0.25) is 5.02 Å². The fourth-order valence-electron chi connectivity index (χ4n) is 2.53. The van der Waals surface area contributed by atoms with Crippen molar-refractivity contribution in [2.24, 2.45) is 11.7 Å². The molecule has 0 spiro atoms. The lowest BCUT2D eigenvalue weighted by atomic mass is 9.89. The number of carbonyl (C=O) groups is 1. The maximum Gasteiger partial charge on any atom is 0.231 e. The Morgan fingerprint density at radius 2 is 2.16 bits per heavy atom. The maximum absolute atomic E-state index is 11.8. The molecule has 0 aromatic heterocycles. The van der Waals surface area contributed by atoms with Crippen molar-refractivity contribution in [3.05, 3.63) is 27.8 Å². The van der Waals surface area contributed by atoms with E-state index in [9.17, 15) is 4.79 Å². The van der Waals surface area contributed by atoms with Crippen LogP contribution in [-0.2, 0) is 4.79 Å². The van der Waals surface area contributed by atoms with E-state index in [1.165, 1.54) is 0 Å². The number of hydrogen-bond acceptors (Lipinski definition) is 2. The van der Waals surface area contributed by atoms with E-state index < -0.39 is 0 Å². The Balaban J connectivity index is 2.54. The van der Waals surface area contributed by atoms with Crippen molar-refractivity contribution >= 4 is 23.2 Å². The fourth-order valence-corrected chi connectivity index (χ4v) is 2.80. The van der Waals surface area contributed by atoms with Crippen LogP contribution in [0, 0.1) is 12.8 Å². The van der Waals surface area contributed by atoms with Crippen molar-refractivity contribution in [3.63, 3.8) is 0 Å². The molecular weight excluding hydrogens is 260 g/mol. The second kappa shape index (κ2) is 5.14. The van der Waals surface area contributed by atoms with E-state index in [1.54, 1.807) is 0 Å². The number of hydrogen-bond donors (Lipinski definition) is 2. The molecule has 19 heavy (non-hydrogen) atoms. The van der Waals surface area contributed by atoms with Crippen LogP contribution in [0.4, 0.5) is 5.69 Å². The molecule has 0 aliphatic carbocycles. The van der Waals surface area contributed by atoms with E-state index in [4.69, 9.17) is 17.3 Å². The highest BCUT2D eigenvalue weighted by Gasteiger charge is 2.31. The Bertz CT molecular complexity index is 527. The number of benzene rings is 1. The normalized spacial score (nSPS) is 20.9. The predicted octanol–water partition coefficient (Wildman–Crippen LogP) is 3.75. The van der Waals surface area contributed by atoms with Crippen LogP contribution >= 0.6 is 11.6 Å². The van der Waals surface area contributed by atoms with Gasteiger partial charge >= 0.3 is 0 Å². The Morgan fingerprint density at radius 3 is 2.74 bits per heavy atom. The second-order valence-corrected chi connectivity index (χ2v) is 5.87. The van der Waals surface area contributed by atoms with Crippen LogP contribution in [0.3, 0.4) is 0 Å². The maximum atomic E-state index is 11.8. The van der Waals surface area contributed by atoms with Crippen LogP contribution in [0.5, 0.6) is 0 Å². The van der Waals surface area contributed by atoms with Gasteiger partial charge in [-0.3, -0.25) is 4.79 Å². The fraction of sp³-hybridized carbons (Fsp3) is 0.533. The molecule has 2 rings (SSSR count). The van der Waals surface area contributed by atoms with E-state index in [2.05, 4.69) is 19.2 Å². The number of carbonyl (C=O) groups excluding carboxylic acids is 1. The number of nitrogens with two attached hydrogens (primary N) is 1. The Kier molecular flexibility index (Phi) is 3.88. The van der Waals surface area contributed by atoms with Crippen molar-refractivity contribution in [3.8, 4) is 0 Å². The SMILES string of the molecule is CCC(C)C(N)c1cc2c(c(C)c1Cl)NC(=O)C2C. The van der Waals surface area contributed by atoms with Crippen LogP contribution in [0.25, 0.3) is 0 Å². The third kappa shape index (κ3) is 2.26. The molecule has 1 aromatic rings. The van der Waals surface area contributed by atoms with Gasteiger partial charge in [0.25, 0.3) is 0 Å². The summed E-state index contributed by atoms with van der Waals surface area (Å²) in [6.45, 7) is 8.09. The summed E-state index contributed by atoms with van der Waals surface area (Å²) in [6, 6.07) is 1.91. The van der Waals surface area contributed by atoms with Gasteiger partial charge in [-0.2, -0.15) is 0 Å². The largest absolute Gasteiger partial charge is 0.325 e. The first-order valence-corrected chi connectivity index (χ1v) is 7.15. The summed E-state index contributed by atoms with van der Waals surface area (Å²) < 4.78 is 0. The lowest BCUT2D eigenvalue weighted by molar-refractivity contribution is -0.116. The summed E-state index contributed by atoms with van der Waals surface area (Å²) in [4.78, 5) is 11.8. The summed E-state index contributed by atoms with van der Waals surface area (Å²) in [5.74, 6) is 0.257. The van der Waals surface area contributed by atoms with Crippen LogP contribution in [-0.4, -0.2) is 5.91 Å². The lowest BCUT2D eigenvalue weighted by Crippen LogP contribution is -2.19. The number of rotatable bonds is 3. The molecule has 1 heterocycles. The first-order chi connectivity index (χ1) is 8.88. The van der Waals surface area contributed by atoms with Gasteiger partial charge in [-0.25, -0.2) is 0 Å². The molecule has 4 heteroatoms. The minimum Gasteiger partial charge on any atom is -0.325 e. The van der Waals surface area contributed by atoms with Crippen molar-refractivity contribution in [1.29, 1.82) is 0 Å². The molecule has 0 saturated carbocycles. The van der Waals surface area contributed by atoms with Crippen molar-refractivity contribution in [1.82, 2.24) is 0 Å². The van der Waals surface area contributed by atoms with E-state index in [0.717, 1.165) is 28.8 Å². The van der Waals surface area contributed by atoms with Gasteiger partial charge in [0.1, 0.15) is 0 Å². The van der Waals surface area contributed by atoms with Gasteiger partial charge in [-0.1, -0.05) is 31.9 Å². The van der Waals surface area contributed by atoms with Gasteiger partial charge in [0.2, 0.25) is 5.91 Å². The summed E-state index contributed by atoms with van der Waals surface area (Å²) in [6.07, 6.45) is 1.00. The third-order valence-corrected chi connectivity index (χ3v) is 4.78. The van der Waals surface area contributed by atoms with Gasteiger partial charge in [-0.05, 0) is 42.5 Å². The Labute approximate surface area is 119 Å². The lowest BCUT2D eigenvalue weighted by Gasteiger charge is -2.22. The van der Waals surface area contributed by atoms with E-state index in [0.29, 0.717) is 10.9 Å². The number of fused-ring (bicyclic) bond motifs is 1. The summed E-state index contributed by atoms with van der Waals surface area (Å²) in [7, 11) is 0. The summed E-state index contributed by atoms with van der Waals surface area (Å²) >= 11 is 6.44. The molecular formula is C15H21ClN2O. The number of amides is 1. The van der Waals surface area contributed by atoms with Crippen LogP contribution < -0.4 is 11.1 Å². The zero-order valence-corrected chi connectivity index (χ0v) is 12.6. The minimum absolute atomic E-state index is 0.0310. The van der Waals surface area contributed by atoms with Gasteiger partial charge < -0.3 is 11.1 Å². The number of anilines is 1. The van der Waals surface area contributed by atoms with E-state index in [-0.39, 0.29) is 17.9 Å². The second-order valence-electron chi connectivity index (χ2n) is 5.49. The minimum atomic E-state index is -0.131. The molecule has 3 unspecified atom stereocenters. The first-order valence-electron chi connectivity index (χ1n) is 6.77. The Morgan fingerprint density at radius 1 is 1.53 bits per heavy atom. The molecule has 0 bridgehead atoms. The molecule has 0 fully saturated rings. The molecule has 3 nitrogen and oxygen atoms in total. The highest BCUT2D eigenvalue weighted by Crippen LogP contribution is 2.42. The zero-order chi connectivity index (χ0) is 14.3. The molecule has 1 amide bonds. The molecule has 3 atom stereocenters. The summed E-state index contributed by atoms with van der Waals surface area (Å²) in [5, 5.41) is 3.58. The van der Waals surface area contributed by atoms with Gasteiger partial charge in [0, 0.05) is 11.7 Å². The number of halogens is 1. The smallest absolute Gasteiger partial charge is 0.231 e. The van der Waals surface area contributed by atoms with Gasteiger partial charge in [-0.15, -0.1) is 0 Å². The highest BCUT2D eigenvalue weighted by atomic mass is 35.5. The van der Waals surface area contributed by atoms with E-state index in [1.807, 2.05) is 19.9 Å². The van der Waals surface area contributed by atoms with Crippen LogP contribution in [0.1, 0.15) is 55.8 Å². The highest BCUT2D eigenvalue weighted by molar-refractivity contribution is 6.33. The molecule has 3 N–H and O–H groups in total. The first kappa shape index (κ1) is 14.4. The topological polar surface area (TPSA) is 55.1 Å². The molecule has 1 aliphatic rings. The molecule has 104 valence electrons. The summed E-state index contributed by atoms with van der Waals surface area (Å²) in [5.41, 5.74) is 10.1. The number of nitrogens with one attached hydrogen (secondary N) is 1.